The Balaban J connectivity index is 0.00000256. The molecule has 2 nitrogen and oxygen atoms in total. The lowest BCUT2D eigenvalue weighted by Gasteiger charge is -2.36. The minimum absolute atomic E-state index is 0. The van der Waals surface area contributed by atoms with Crippen LogP contribution in [0.25, 0.3) is 0 Å². The summed E-state index contributed by atoms with van der Waals surface area (Å²) < 4.78 is 5.88. The van der Waals surface area contributed by atoms with Gasteiger partial charge in [0, 0.05) is 12.6 Å². The lowest BCUT2D eigenvalue weighted by molar-refractivity contribution is -0.0248. The fourth-order valence-corrected chi connectivity index (χ4v) is 2.73. The van der Waals surface area contributed by atoms with E-state index in [9.17, 15) is 0 Å². The van der Waals surface area contributed by atoms with Crippen LogP contribution in [0.15, 0.2) is 0 Å². The van der Waals surface area contributed by atoms with E-state index < -0.39 is 0 Å². The summed E-state index contributed by atoms with van der Waals surface area (Å²) in [4.78, 5) is 2.54. The van der Waals surface area contributed by atoms with Crippen LogP contribution >= 0.6 is 0 Å². The van der Waals surface area contributed by atoms with Gasteiger partial charge in [-0.25, -0.2) is 0 Å². The van der Waals surface area contributed by atoms with E-state index in [4.69, 9.17) is 4.74 Å². The molecule has 0 amide bonds. The second kappa shape index (κ2) is 8.10. The highest BCUT2D eigenvalue weighted by Crippen LogP contribution is 2.25. The molecule has 0 heterocycles. The highest BCUT2D eigenvalue weighted by Gasteiger charge is 2.24. The van der Waals surface area contributed by atoms with Crippen molar-refractivity contribution in [1.29, 1.82) is 0 Å². The quantitative estimate of drug-likeness (QED) is 0.725. The molecule has 0 unspecified atom stereocenters. The molecule has 0 spiro atoms. The van der Waals surface area contributed by atoms with Gasteiger partial charge in [0.25, 0.3) is 0 Å². The number of hydrogen-bond acceptors (Lipinski definition) is 2. The Kier molecular flexibility index (Phi) is 8.06. The Hall–Kier alpha value is -0.0800. The smallest absolute Gasteiger partial charge is 0.0579 e. The van der Waals surface area contributed by atoms with E-state index in [1.54, 1.807) is 0 Å². The molecule has 0 radical (unpaired) electrons. The van der Waals surface area contributed by atoms with Crippen LogP contribution in [0, 0.1) is 5.92 Å². The Morgan fingerprint density at radius 1 is 1.06 bits per heavy atom. The normalized spacial score (nSPS) is 25.4. The zero-order chi connectivity index (χ0) is 12.1. The second-order valence-electron chi connectivity index (χ2n) is 5.95. The molecule has 1 fully saturated rings. The molecule has 0 atom stereocenters. The number of ether oxygens (including phenoxy) is 1. The van der Waals surface area contributed by atoms with Crippen LogP contribution in [-0.2, 0) is 4.74 Å². The van der Waals surface area contributed by atoms with Crippen LogP contribution in [-0.4, -0.2) is 36.7 Å². The third kappa shape index (κ3) is 6.42. The highest BCUT2D eigenvalue weighted by molar-refractivity contribution is 4.79. The van der Waals surface area contributed by atoms with Crippen molar-refractivity contribution in [2.75, 3.05) is 13.6 Å². The molecule has 2 heteroatoms. The van der Waals surface area contributed by atoms with E-state index in [2.05, 4.69) is 39.6 Å². The van der Waals surface area contributed by atoms with Gasteiger partial charge in [-0.2, -0.15) is 0 Å². The molecule has 17 heavy (non-hydrogen) atoms. The number of rotatable bonds is 5. The van der Waals surface area contributed by atoms with E-state index in [0.29, 0.717) is 12.2 Å². The largest absolute Gasteiger partial charge is 0.376 e. The highest BCUT2D eigenvalue weighted by atomic mass is 16.5. The first kappa shape index (κ1) is 16.9. The van der Waals surface area contributed by atoms with Crippen LogP contribution < -0.4 is 0 Å². The minimum atomic E-state index is 0. The lowest BCUT2D eigenvalue weighted by Crippen LogP contribution is -2.39. The predicted octanol–water partition coefficient (Wildman–Crippen LogP) is 3.95. The van der Waals surface area contributed by atoms with Gasteiger partial charge in [0.15, 0.2) is 0 Å². The van der Waals surface area contributed by atoms with Gasteiger partial charge < -0.3 is 9.64 Å². The van der Waals surface area contributed by atoms with Crippen molar-refractivity contribution >= 4 is 0 Å². The van der Waals surface area contributed by atoms with E-state index >= 15 is 0 Å². The van der Waals surface area contributed by atoms with E-state index in [0.717, 1.165) is 12.0 Å². The molecule has 0 N–H and O–H groups in total. The van der Waals surface area contributed by atoms with Crippen LogP contribution in [0.4, 0.5) is 0 Å². The summed E-state index contributed by atoms with van der Waals surface area (Å²) in [6, 6.07) is 0.786. The van der Waals surface area contributed by atoms with Gasteiger partial charge in [-0.15, -0.1) is 0 Å². The molecule has 1 aliphatic rings. The fraction of sp³-hybridized carbons (Fsp3) is 1.00. The fourth-order valence-electron chi connectivity index (χ4n) is 2.73. The van der Waals surface area contributed by atoms with Gasteiger partial charge in [-0.1, -0.05) is 21.3 Å². The molecular weight excluding hydrogens is 210 g/mol. The standard InChI is InChI=1S/C14H29NO.CH4/c1-11(2)10-15(5)13-6-8-14(9-7-13)16-12(3)4;/h11-14H,6-10H2,1-5H3;1H4. The van der Waals surface area contributed by atoms with Crippen molar-refractivity contribution in [2.45, 2.75) is 79.1 Å². The van der Waals surface area contributed by atoms with Crippen LogP contribution in [0.5, 0.6) is 0 Å². The van der Waals surface area contributed by atoms with Crippen molar-refractivity contribution in [3.63, 3.8) is 0 Å². The van der Waals surface area contributed by atoms with E-state index in [1.165, 1.54) is 32.2 Å². The maximum absolute atomic E-state index is 5.88. The first-order chi connectivity index (χ1) is 7.49. The van der Waals surface area contributed by atoms with Gasteiger partial charge in [0.1, 0.15) is 0 Å². The summed E-state index contributed by atoms with van der Waals surface area (Å²) in [6.45, 7) is 10.1. The zero-order valence-electron chi connectivity index (χ0n) is 11.7. The van der Waals surface area contributed by atoms with E-state index in [1.807, 2.05) is 0 Å². The maximum Gasteiger partial charge on any atom is 0.0579 e. The van der Waals surface area contributed by atoms with Crippen molar-refractivity contribution < 1.29 is 4.74 Å². The average Bonchev–Trinajstić information content (AvgIpc) is 2.16. The van der Waals surface area contributed by atoms with Crippen LogP contribution in [0.3, 0.4) is 0 Å². The third-order valence-electron chi connectivity index (χ3n) is 3.38. The molecule has 0 aromatic heterocycles. The molecule has 0 aliphatic heterocycles. The molecule has 0 aromatic rings. The molecule has 104 valence electrons. The van der Waals surface area contributed by atoms with E-state index in [-0.39, 0.29) is 7.43 Å². The topological polar surface area (TPSA) is 12.5 Å². The Bertz CT molecular complexity index is 183. The summed E-state index contributed by atoms with van der Waals surface area (Å²) in [6.07, 6.45) is 6.00. The predicted molar refractivity (Wildman–Crippen MR) is 76.5 cm³/mol. The van der Waals surface area contributed by atoms with Crippen LogP contribution in [0.2, 0.25) is 0 Å². The first-order valence-corrected chi connectivity index (χ1v) is 6.84. The van der Waals surface area contributed by atoms with Crippen molar-refractivity contribution in [2.24, 2.45) is 5.92 Å². The maximum atomic E-state index is 5.88. The number of hydrogen-bond donors (Lipinski definition) is 0. The average molecular weight is 243 g/mol. The van der Waals surface area contributed by atoms with Crippen molar-refractivity contribution in [3.8, 4) is 0 Å². The summed E-state index contributed by atoms with van der Waals surface area (Å²) in [5.74, 6) is 0.773. The van der Waals surface area contributed by atoms with Gasteiger partial charge >= 0.3 is 0 Å². The Morgan fingerprint density at radius 3 is 2.00 bits per heavy atom. The van der Waals surface area contributed by atoms with Crippen molar-refractivity contribution in [1.82, 2.24) is 4.90 Å². The van der Waals surface area contributed by atoms with Gasteiger partial charge in [0.2, 0.25) is 0 Å². The summed E-state index contributed by atoms with van der Waals surface area (Å²) >= 11 is 0. The molecule has 1 saturated carbocycles. The number of nitrogens with zero attached hydrogens (tertiary/aromatic N) is 1. The minimum Gasteiger partial charge on any atom is -0.376 e. The molecule has 0 saturated heterocycles. The molecule has 1 aliphatic carbocycles. The van der Waals surface area contributed by atoms with Crippen LogP contribution in [0.1, 0.15) is 60.8 Å². The SMILES string of the molecule is C.CC(C)CN(C)C1CCC(OC(C)C)CC1. The first-order valence-electron chi connectivity index (χ1n) is 6.84. The Morgan fingerprint density at radius 2 is 1.59 bits per heavy atom. The van der Waals surface area contributed by atoms with Crippen molar-refractivity contribution in [3.05, 3.63) is 0 Å². The summed E-state index contributed by atoms with van der Waals surface area (Å²) in [7, 11) is 2.27. The molecule has 1 rings (SSSR count). The summed E-state index contributed by atoms with van der Waals surface area (Å²) in [5, 5.41) is 0. The second-order valence-corrected chi connectivity index (χ2v) is 5.95. The molecular formula is C15H33NO. The molecule has 0 aromatic carbocycles. The Labute approximate surface area is 109 Å². The summed E-state index contributed by atoms with van der Waals surface area (Å²) in [5.41, 5.74) is 0. The van der Waals surface area contributed by atoms with Gasteiger partial charge in [0.05, 0.1) is 12.2 Å². The van der Waals surface area contributed by atoms with Gasteiger partial charge in [-0.3, -0.25) is 0 Å². The monoisotopic (exact) mass is 243 g/mol. The molecule has 0 bridgehead atoms. The zero-order valence-corrected chi connectivity index (χ0v) is 11.7. The third-order valence-corrected chi connectivity index (χ3v) is 3.38. The lowest BCUT2D eigenvalue weighted by atomic mass is 9.91. The van der Waals surface area contributed by atoms with Gasteiger partial charge in [-0.05, 0) is 52.5 Å².